The Morgan fingerprint density at radius 1 is 1.24 bits per heavy atom. The molecule has 1 aromatic rings. The minimum Gasteiger partial charge on any atom is -0.427 e. The maximum Gasteiger partial charge on any atom is 0.308 e. The Hall–Kier alpha value is -1.35. The molecule has 3 saturated carbocycles. The average molecular weight is 340 g/mol. The molecule has 0 amide bonds. The van der Waals surface area contributed by atoms with Crippen molar-refractivity contribution in [3.8, 4) is 5.75 Å². The van der Waals surface area contributed by atoms with Gasteiger partial charge in [0, 0.05) is 6.92 Å². The Bertz CT molecular complexity index is 741. The molecule has 3 heteroatoms. The predicted molar refractivity (Wildman–Crippen MR) is 95.4 cm³/mol. The summed E-state index contributed by atoms with van der Waals surface area (Å²) in [5.74, 6) is 2.29. The van der Waals surface area contributed by atoms with E-state index in [0.717, 1.165) is 12.8 Å². The Kier molecular flexibility index (Phi) is 3.23. The van der Waals surface area contributed by atoms with Gasteiger partial charge >= 0.3 is 5.97 Å². The molecule has 1 aromatic carbocycles. The quantitative estimate of drug-likeness (QED) is 0.615. The summed E-state index contributed by atoms with van der Waals surface area (Å²) >= 11 is 0. The topological polar surface area (TPSA) is 46.5 Å². The van der Waals surface area contributed by atoms with E-state index in [4.69, 9.17) is 4.74 Å². The van der Waals surface area contributed by atoms with Crippen LogP contribution in [0.15, 0.2) is 18.2 Å². The fourth-order valence-electron chi connectivity index (χ4n) is 7.47. The number of fused-ring (bicyclic) bond motifs is 4. The summed E-state index contributed by atoms with van der Waals surface area (Å²) in [6.45, 7) is 3.84. The molecule has 6 atom stereocenters. The van der Waals surface area contributed by atoms with Crippen LogP contribution < -0.4 is 4.74 Å². The third-order valence-corrected chi connectivity index (χ3v) is 8.49. The number of rotatable bonds is 1. The van der Waals surface area contributed by atoms with E-state index in [-0.39, 0.29) is 17.5 Å². The van der Waals surface area contributed by atoms with Crippen LogP contribution in [0.2, 0.25) is 0 Å². The molecule has 1 spiro atoms. The number of esters is 1. The molecule has 4 aliphatic carbocycles. The van der Waals surface area contributed by atoms with E-state index in [9.17, 15) is 9.90 Å². The molecule has 3 fully saturated rings. The lowest BCUT2D eigenvalue weighted by Gasteiger charge is -2.59. The Balaban J connectivity index is 1.52. The summed E-state index contributed by atoms with van der Waals surface area (Å²) in [5.41, 5.74) is 3.33. The summed E-state index contributed by atoms with van der Waals surface area (Å²) < 4.78 is 5.29. The van der Waals surface area contributed by atoms with Gasteiger partial charge in [0.2, 0.25) is 0 Å². The lowest BCUT2D eigenvalue weighted by molar-refractivity contribution is -0.131. The summed E-state index contributed by atoms with van der Waals surface area (Å²) in [4.78, 5) is 11.2. The maximum atomic E-state index is 11.2. The molecule has 2 bridgehead atoms. The second-order valence-electron chi connectivity index (χ2n) is 9.27. The molecule has 0 aromatic heterocycles. The standard InChI is InChI=1S/C22H28O3/c1-13(23)25-16-4-5-17-14(11-16)3-6-19-18(17)8-9-21(2)20(24)15-7-10-22(19,21)12-15/h4-5,11,15,18-20,24H,3,6-10,12H2,1-2H3/t15-,18+,19+,20-,21+,22+/m0/s1. The summed E-state index contributed by atoms with van der Waals surface area (Å²) in [6.07, 6.45) is 8.32. The number of carbonyl (C=O) groups excluding carboxylic acids is 1. The van der Waals surface area contributed by atoms with Crippen molar-refractivity contribution >= 4 is 5.97 Å². The van der Waals surface area contributed by atoms with E-state index >= 15 is 0 Å². The van der Waals surface area contributed by atoms with Gasteiger partial charge in [0.15, 0.2) is 0 Å². The molecular formula is C22H28O3. The Labute approximate surface area is 149 Å². The van der Waals surface area contributed by atoms with Crippen LogP contribution in [0.25, 0.3) is 0 Å². The van der Waals surface area contributed by atoms with Crippen LogP contribution in [0.4, 0.5) is 0 Å². The van der Waals surface area contributed by atoms with Crippen molar-refractivity contribution in [3.05, 3.63) is 29.3 Å². The van der Waals surface area contributed by atoms with E-state index in [1.54, 1.807) is 0 Å². The highest BCUT2D eigenvalue weighted by molar-refractivity contribution is 5.69. The van der Waals surface area contributed by atoms with Crippen LogP contribution in [0.1, 0.15) is 69.4 Å². The van der Waals surface area contributed by atoms with Crippen molar-refractivity contribution in [2.45, 2.75) is 70.8 Å². The number of benzene rings is 1. The van der Waals surface area contributed by atoms with Crippen molar-refractivity contribution in [2.75, 3.05) is 0 Å². The molecule has 0 saturated heterocycles. The van der Waals surface area contributed by atoms with Crippen molar-refractivity contribution in [2.24, 2.45) is 22.7 Å². The number of hydrogen-bond acceptors (Lipinski definition) is 3. The molecule has 134 valence electrons. The maximum absolute atomic E-state index is 11.2. The summed E-state index contributed by atoms with van der Waals surface area (Å²) in [7, 11) is 0. The van der Waals surface area contributed by atoms with E-state index in [0.29, 0.717) is 28.9 Å². The zero-order valence-electron chi connectivity index (χ0n) is 15.3. The van der Waals surface area contributed by atoms with E-state index in [1.807, 2.05) is 6.07 Å². The van der Waals surface area contributed by atoms with E-state index in [1.165, 1.54) is 50.2 Å². The number of aryl methyl sites for hydroxylation is 1. The lowest BCUT2D eigenvalue weighted by Crippen LogP contribution is -2.53. The van der Waals surface area contributed by atoms with Gasteiger partial charge in [0.1, 0.15) is 5.75 Å². The number of aliphatic hydroxyl groups is 1. The average Bonchev–Trinajstić information content (AvgIpc) is 3.11. The fraction of sp³-hybridized carbons (Fsp3) is 0.682. The monoisotopic (exact) mass is 340 g/mol. The first kappa shape index (κ1) is 15.9. The minimum absolute atomic E-state index is 0.0880. The molecule has 0 radical (unpaired) electrons. The number of carbonyl (C=O) groups is 1. The zero-order chi connectivity index (χ0) is 17.4. The SMILES string of the molecule is CC(=O)Oc1ccc2c(c1)CC[C@@H]1[C@@H]2CC[C@]2(C)[C@@H](O)[C@H]3CC[C@@]12C3. The van der Waals surface area contributed by atoms with Crippen molar-refractivity contribution in [1.29, 1.82) is 0 Å². The van der Waals surface area contributed by atoms with E-state index < -0.39 is 0 Å². The molecular weight excluding hydrogens is 312 g/mol. The van der Waals surface area contributed by atoms with Crippen molar-refractivity contribution < 1.29 is 14.6 Å². The Morgan fingerprint density at radius 3 is 2.88 bits per heavy atom. The third-order valence-electron chi connectivity index (χ3n) is 8.49. The van der Waals surface area contributed by atoms with Crippen LogP contribution in [0, 0.1) is 22.7 Å². The van der Waals surface area contributed by atoms with Gasteiger partial charge in [-0.15, -0.1) is 0 Å². The highest BCUT2D eigenvalue weighted by Gasteiger charge is 2.69. The molecule has 0 unspecified atom stereocenters. The van der Waals surface area contributed by atoms with Gasteiger partial charge in [-0.05, 0) is 96.8 Å². The summed E-state index contributed by atoms with van der Waals surface area (Å²) in [5, 5.41) is 10.9. The van der Waals surface area contributed by atoms with Crippen LogP contribution in [-0.4, -0.2) is 17.2 Å². The first-order valence-corrected chi connectivity index (χ1v) is 9.94. The van der Waals surface area contributed by atoms with Crippen molar-refractivity contribution in [1.82, 2.24) is 0 Å². The predicted octanol–water partition coefficient (Wildman–Crippen LogP) is 4.22. The highest BCUT2D eigenvalue weighted by atomic mass is 16.5. The van der Waals surface area contributed by atoms with Crippen LogP contribution in [0.3, 0.4) is 0 Å². The van der Waals surface area contributed by atoms with Gasteiger partial charge in [0.05, 0.1) is 6.10 Å². The number of ether oxygens (including phenoxy) is 1. The lowest BCUT2D eigenvalue weighted by atomic mass is 9.46. The number of hydrogen-bond donors (Lipinski definition) is 1. The molecule has 1 N–H and O–H groups in total. The first-order valence-electron chi connectivity index (χ1n) is 9.94. The van der Waals surface area contributed by atoms with E-state index in [2.05, 4.69) is 19.1 Å². The minimum atomic E-state index is -0.252. The molecule has 25 heavy (non-hydrogen) atoms. The van der Waals surface area contributed by atoms with Gasteiger partial charge in [-0.1, -0.05) is 13.0 Å². The number of aliphatic hydroxyl groups excluding tert-OH is 1. The largest absolute Gasteiger partial charge is 0.427 e. The molecule has 0 heterocycles. The highest BCUT2D eigenvalue weighted by Crippen LogP contribution is 2.74. The van der Waals surface area contributed by atoms with Gasteiger partial charge in [0.25, 0.3) is 0 Å². The van der Waals surface area contributed by atoms with Gasteiger partial charge < -0.3 is 9.84 Å². The van der Waals surface area contributed by atoms with Crippen molar-refractivity contribution in [3.63, 3.8) is 0 Å². The fourth-order valence-corrected chi connectivity index (χ4v) is 7.47. The van der Waals surface area contributed by atoms with Gasteiger partial charge in [-0.25, -0.2) is 0 Å². The van der Waals surface area contributed by atoms with Crippen LogP contribution in [-0.2, 0) is 11.2 Å². The Morgan fingerprint density at radius 2 is 2.08 bits per heavy atom. The first-order chi connectivity index (χ1) is 11.9. The second kappa shape index (κ2) is 5.09. The zero-order valence-corrected chi connectivity index (χ0v) is 15.3. The molecule has 5 rings (SSSR count). The summed E-state index contributed by atoms with van der Waals surface area (Å²) in [6, 6.07) is 6.26. The smallest absolute Gasteiger partial charge is 0.308 e. The molecule has 0 aliphatic heterocycles. The molecule has 4 aliphatic rings. The van der Waals surface area contributed by atoms with Crippen LogP contribution in [0.5, 0.6) is 5.75 Å². The van der Waals surface area contributed by atoms with Gasteiger partial charge in [-0.3, -0.25) is 4.79 Å². The van der Waals surface area contributed by atoms with Gasteiger partial charge in [-0.2, -0.15) is 0 Å². The normalized spacial score (nSPS) is 44.0. The second-order valence-corrected chi connectivity index (χ2v) is 9.27. The molecule has 3 nitrogen and oxygen atoms in total. The third kappa shape index (κ3) is 1.94. The van der Waals surface area contributed by atoms with Crippen LogP contribution >= 0.6 is 0 Å².